The monoisotopic (exact) mass is 498 g/mol. The summed E-state index contributed by atoms with van der Waals surface area (Å²) < 4.78 is 76.3. The average molecular weight is 499 g/mol. The molecule has 5 rings (SSSR count). The molecule has 0 bridgehead atoms. The van der Waals surface area contributed by atoms with Gasteiger partial charge in [0.2, 0.25) is 17.4 Å². The van der Waals surface area contributed by atoms with Crippen molar-refractivity contribution >= 4 is 29.3 Å². The molecular formula is C21H16ClF5N6O. The molecule has 1 unspecified atom stereocenters. The van der Waals surface area contributed by atoms with Crippen LogP contribution in [0.25, 0.3) is 22.3 Å². The summed E-state index contributed by atoms with van der Waals surface area (Å²) in [5.74, 6) is -9.23. The minimum Gasteiger partial charge on any atom is -0.451 e. The molecule has 2 aromatic carbocycles. The van der Waals surface area contributed by atoms with Gasteiger partial charge in [-0.1, -0.05) is 0 Å². The van der Waals surface area contributed by atoms with Crippen LogP contribution in [0.4, 0.5) is 27.8 Å². The normalized spacial score (nSPS) is 15.5. The molecule has 7 nitrogen and oxygen atoms in total. The zero-order valence-corrected chi connectivity index (χ0v) is 18.0. The van der Waals surface area contributed by atoms with Crippen LogP contribution in [0.2, 0.25) is 0 Å². The van der Waals surface area contributed by atoms with Gasteiger partial charge in [0.1, 0.15) is 29.4 Å². The predicted octanol–water partition coefficient (Wildman–Crippen LogP) is 4.52. The molecule has 2 aromatic heterocycles. The fourth-order valence-electron chi connectivity index (χ4n) is 3.80. The van der Waals surface area contributed by atoms with Crippen molar-refractivity contribution in [2.45, 2.75) is 12.5 Å². The first-order valence-electron chi connectivity index (χ1n) is 9.85. The molecule has 4 aromatic rings. The molecule has 34 heavy (non-hydrogen) atoms. The maximum absolute atomic E-state index is 15.1. The van der Waals surface area contributed by atoms with Gasteiger partial charge in [-0.05, 0) is 25.1 Å². The van der Waals surface area contributed by atoms with E-state index in [0.29, 0.717) is 17.6 Å². The number of rotatable bonds is 4. The second kappa shape index (κ2) is 9.03. The van der Waals surface area contributed by atoms with Crippen LogP contribution in [-0.4, -0.2) is 32.8 Å². The van der Waals surface area contributed by atoms with Crippen LogP contribution in [0.3, 0.4) is 0 Å². The fraction of sp³-hybridized carbons (Fsp3) is 0.190. The quantitative estimate of drug-likeness (QED) is 0.317. The molecule has 1 aliphatic heterocycles. The van der Waals surface area contributed by atoms with Gasteiger partial charge in [-0.3, -0.25) is 0 Å². The number of anilines is 1. The number of nitrogens with two attached hydrogens (primary N) is 1. The Bertz CT molecular complexity index is 1370. The Labute approximate surface area is 195 Å². The first-order chi connectivity index (χ1) is 15.8. The molecule has 1 atom stereocenters. The second-order valence-electron chi connectivity index (χ2n) is 7.44. The van der Waals surface area contributed by atoms with Gasteiger partial charge in [0.05, 0.1) is 11.4 Å². The number of nitrogens with one attached hydrogen (secondary N) is 1. The highest BCUT2D eigenvalue weighted by Crippen LogP contribution is 2.37. The summed E-state index contributed by atoms with van der Waals surface area (Å²) in [5, 5.41) is 8.09. The summed E-state index contributed by atoms with van der Waals surface area (Å²) in [6, 6.07) is 3.28. The van der Waals surface area contributed by atoms with E-state index in [1.54, 1.807) is 4.68 Å². The molecule has 1 fully saturated rings. The third kappa shape index (κ3) is 3.88. The lowest BCUT2D eigenvalue weighted by Crippen LogP contribution is -2.15. The molecule has 0 saturated carbocycles. The van der Waals surface area contributed by atoms with Crippen LogP contribution in [0.15, 0.2) is 30.6 Å². The Balaban J connectivity index is 0.00000274. The van der Waals surface area contributed by atoms with Gasteiger partial charge in [-0.15, -0.1) is 12.4 Å². The van der Waals surface area contributed by atoms with Crippen LogP contribution in [0.1, 0.15) is 12.5 Å². The molecule has 0 radical (unpaired) electrons. The van der Waals surface area contributed by atoms with Crippen LogP contribution in [0.5, 0.6) is 11.5 Å². The number of nitrogen functional groups attached to an aromatic ring is 1. The first kappa shape index (κ1) is 23.6. The van der Waals surface area contributed by atoms with Crippen molar-refractivity contribution in [1.82, 2.24) is 25.1 Å². The molecule has 1 aliphatic rings. The van der Waals surface area contributed by atoms with Crippen molar-refractivity contribution in [2.24, 2.45) is 0 Å². The summed E-state index contributed by atoms with van der Waals surface area (Å²) in [7, 11) is 0. The van der Waals surface area contributed by atoms with Crippen LogP contribution < -0.4 is 15.8 Å². The fourth-order valence-corrected chi connectivity index (χ4v) is 3.80. The molecule has 0 amide bonds. The number of hydrogen-bond donors (Lipinski definition) is 2. The van der Waals surface area contributed by atoms with Crippen molar-refractivity contribution in [3.8, 4) is 22.8 Å². The molecule has 13 heteroatoms. The number of fused-ring (bicyclic) bond motifs is 1. The SMILES string of the molecule is Cl.Nc1ncnc2c1c(-c1ccc(Oc3c(F)c(F)cc(F)c3F)cc1F)nn2C1CCNC1. The highest BCUT2D eigenvalue weighted by Gasteiger charge is 2.26. The lowest BCUT2D eigenvalue weighted by atomic mass is 10.1. The van der Waals surface area contributed by atoms with Gasteiger partial charge >= 0.3 is 0 Å². The van der Waals surface area contributed by atoms with Gasteiger partial charge in [0, 0.05) is 24.2 Å². The molecule has 178 valence electrons. The minimum absolute atomic E-state index is 0. The van der Waals surface area contributed by atoms with E-state index in [2.05, 4.69) is 20.4 Å². The average Bonchev–Trinajstić information content (AvgIpc) is 3.44. The number of aromatic nitrogens is 4. The van der Waals surface area contributed by atoms with Crippen molar-refractivity contribution in [3.63, 3.8) is 0 Å². The lowest BCUT2D eigenvalue weighted by molar-refractivity contribution is 0.365. The Morgan fingerprint density at radius 3 is 2.38 bits per heavy atom. The highest BCUT2D eigenvalue weighted by molar-refractivity contribution is 5.98. The van der Waals surface area contributed by atoms with Gasteiger partial charge in [-0.25, -0.2) is 27.8 Å². The number of ether oxygens (including phenoxy) is 1. The molecular weight excluding hydrogens is 483 g/mol. The zero-order chi connectivity index (χ0) is 23.3. The summed E-state index contributed by atoms with van der Waals surface area (Å²) in [4.78, 5) is 8.22. The standard InChI is InChI=1S/C21H15F5N6O.ClH/c22-12-5-10(33-19-16(25)13(23)6-14(24)17(19)26)1-2-11(12)18-15-20(27)29-8-30-21(15)32(31-18)9-3-4-28-7-9;/h1-2,5-6,8-9,28H,3-4,7H2,(H2,27,29,30);1H. The Hall–Kier alpha value is -3.51. The molecule has 1 saturated heterocycles. The number of benzene rings is 2. The summed E-state index contributed by atoms with van der Waals surface area (Å²) in [5.41, 5.74) is 6.64. The van der Waals surface area contributed by atoms with Crippen molar-refractivity contribution in [1.29, 1.82) is 0 Å². The van der Waals surface area contributed by atoms with Gasteiger partial charge in [0.25, 0.3) is 0 Å². The molecule has 3 N–H and O–H groups in total. The van der Waals surface area contributed by atoms with E-state index in [0.717, 1.165) is 19.0 Å². The largest absolute Gasteiger partial charge is 0.451 e. The van der Waals surface area contributed by atoms with Crippen molar-refractivity contribution < 1.29 is 26.7 Å². The highest BCUT2D eigenvalue weighted by atomic mass is 35.5. The predicted molar refractivity (Wildman–Crippen MR) is 115 cm³/mol. The summed E-state index contributed by atoms with van der Waals surface area (Å²) in [6.45, 7) is 1.44. The van der Waals surface area contributed by atoms with Crippen molar-refractivity contribution in [2.75, 3.05) is 18.8 Å². The number of halogens is 6. The number of nitrogens with zero attached hydrogens (tertiary/aromatic N) is 4. The first-order valence-corrected chi connectivity index (χ1v) is 9.85. The maximum Gasteiger partial charge on any atom is 0.204 e. The van der Waals surface area contributed by atoms with Gasteiger partial charge < -0.3 is 15.8 Å². The van der Waals surface area contributed by atoms with E-state index in [9.17, 15) is 17.6 Å². The van der Waals surface area contributed by atoms with Crippen molar-refractivity contribution in [3.05, 3.63) is 59.7 Å². The van der Waals surface area contributed by atoms with E-state index in [4.69, 9.17) is 10.5 Å². The maximum atomic E-state index is 15.1. The Morgan fingerprint density at radius 2 is 1.74 bits per heavy atom. The molecule has 0 spiro atoms. The van der Waals surface area contributed by atoms with E-state index in [-0.39, 0.29) is 47.3 Å². The van der Waals surface area contributed by atoms with Gasteiger partial charge in [0.15, 0.2) is 17.3 Å². The van der Waals surface area contributed by atoms with Crippen LogP contribution in [-0.2, 0) is 0 Å². The van der Waals surface area contributed by atoms with E-state index in [1.165, 1.54) is 18.5 Å². The Morgan fingerprint density at radius 1 is 1.00 bits per heavy atom. The topological polar surface area (TPSA) is 90.9 Å². The third-order valence-electron chi connectivity index (χ3n) is 5.39. The zero-order valence-electron chi connectivity index (χ0n) is 17.2. The van der Waals surface area contributed by atoms with E-state index < -0.39 is 34.8 Å². The second-order valence-corrected chi connectivity index (χ2v) is 7.44. The van der Waals surface area contributed by atoms with Crippen LogP contribution >= 0.6 is 12.4 Å². The molecule has 0 aliphatic carbocycles. The third-order valence-corrected chi connectivity index (χ3v) is 5.39. The number of hydrogen-bond acceptors (Lipinski definition) is 6. The Kier molecular flexibility index (Phi) is 6.28. The summed E-state index contributed by atoms with van der Waals surface area (Å²) in [6.07, 6.45) is 2.08. The van der Waals surface area contributed by atoms with Gasteiger partial charge in [-0.2, -0.15) is 13.9 Å². The lowest BCUT2D eigenvalue weighted by Gasteiger charge is -2.10. The molecule has 3 heterocycles. The van der Waals surface area contributed by atoms with Crippen LogP contribution in [0, 0.1) is 29.1 Å². The minimum atomic E-state index is -1.74. The van der Waals surface area contributed by atoms with E-state index >= 15 is 4.39 Å². The smallest absolute Gasteiger partial charge is 0.204 e. The van der Waals surface area contributed by atoms with E-state index in [1.807, 2.05) is 0 Å². The summed E-state index contributed by atoms with van der Waals surface area (Å²) >= 11 is 0.